The molecule has 0 aliphatic rings. The third-order valence-electron chi connectivity index (χ3n) is 1.91. The van der Waals surface area contributed by atoms with Crippen LogP contribution in [0.25, 0.3) is 0 Å². The SMILES string of the molecule is CCOCC(C)Oc1cc(CN)ccn1. The average Bonchev–Trinajstić information content (AvgIpc) is 2.26. The third kappa shape index (κ3) is 4.27. The molecule has 0 aliphatic heterocycles. The van der Waals surface area contributed by atoms with Crippen molar-refractivity contribution in [2.24, 2.45) is 5.73 Å². The maximum atomic E-state index is 5.57. The Balaban J connectivity index is 2.48. The fourth-order valence-corrected chi connectivity index (χ4v) is 1.17. The van der Waals surface area contributed by atoms with E-state index >= 15 is 0 Å². The molecular weight excluding hydrogens is 192 g/mol. The smallest absolute Gasteiger partial charge is 0.213 e. The van der Waals surface area contributed by atoms with E-state index in [2.05, 4.69) is 4.98 Å². The fraction of sp³-hybridized carbons (Fsp3) is 0.545. The highest BCUT2D eigenvalue weighted by molar-refractivity contribution is 5.20. The van der Waals surface area contributed by atoms with Gasteiger partial charge in [0.25, 0.3) is 0 Å². The van der Waals surface area contributed by atoms with Crippen LogP contribution in [0.4, 0.5) is 0 Å². The lowest BCUT2D eigenvalue weighted by Crippen LogP contribution is -2.19. The van der Waals surface area contributed by atoms with Crippen molar-refractivity contribution in [1.82, 2.24) is 4.98 Å². The van der Waals surface area contributed by atoms with Crippen molar-refractivity contribution in [2.45, 2.75) is 26.5 Å². The second-order valence-electron chi connectivity index (χ2n) is 3.29. The van der Waals surface area contributed by atoms with E-state index < -0.39 is 0 Å². The van der Waals surface area contributed by atoms with E-state index in [-0.39, 0.29) is 6.10 Å². The summed E-state index contributed by atoms with van der Waals surface area (Å²) >= 11 is 0. The molecule has 1 aromatic rings. The minimum absolute atomic E-state index is 0.00507. The predicted molar refractivity (Wildman–Crippen MR) is 58.7 cm³/mol. The molecule has 1 aromatic heterocycles. The summed E-state index contributed by atoms with van der Waals surface area (Å²) < 4.78 is 10.8. The van der Waals surface area contributed by atoms with E-state index in [9.17, 15) is 0 Å². The van der Waals surface area contributed by atoms with Gasteiger partial charge in [0.15, 0.2) is 0 Å². The molecule has 4 nitrogen and oxygen atoms in total. The van der Waals surface area contributed by atoms with Crippen LogP contribution in [0.15, 0.2) is 18.3 Å². The number of hydrogen-bond acceptors (Lipinski definition) is 4. The molecule has 84 valence electrons. The molecule has 0 bridgehead atoms. The molecule has 0 saturated heterocycles. The Bertz CT molecular complexity index is 292. The summed E-state index contributed by atoms with van der Waals surface area (Å²) in [6, 6.07) is 3.72. The van der Waals surface area contributed by atoms with Crippen LogP contribution in [0.1, 0.15) is 19.4 Å². The minimum atomic E-state index is 0.00507. The molecule has 2 N–H and O–H groups in total. The van der Waals surface area contributed by atoms with E-state index in [1.54, 1.807) is 6.20 Å². The molecule has 0 fully saturated rings. The first-order valence-corrected chi connectivity index (χ1v) is 5.15. The van der Waals surface area contributed by atoms with Crippen LogP contribution in [0.2, 0.25) is 0 Å². The molecule has 0 spiro atoms. The van der Waals surface area contributed by atoms with E-state index in [1.807, 2.05) is 26.0 Å². The molecular formula is C11H18N2O2. The number of ether oxygens (including phenoxy) is 2. The number of nitrogens with two attached hydrogens (primary N) is 1. The maximum absolute atomic E-state index is 5.57. The molecule has 0 amide bonds. The van der Waals surface area contributed by atoms with Crippen LogP contribution in [-0.4, -0.2) is 24.3 Å². The van der Waals surface area contributed by atoms with Crippen molar-refractivity contribution in [3.63, 3.8) is 0 Å². The van der Waals surface area contributed by atoms with Crippen LogP contribution in [0.5, 0.6) is 5.88 Å². The van der Waals surface area contributed by atoms with Crippen LogP contribution >= 0.6 is 0 Å². The van der Waals surface area contributed by atoms with Crippen molar-refractivity contribution in [1.29, 1.82) is 0 Å². The number of hydrogen-bond donors (Lipinski definition) is 1. The molecule has 4 heteroatoms. The first-order chi connectivity index (χ1) is 7.26. The molecule has 0 radical (unpaired) electrons. The van der Waals surface area contributed by atoms with Gasteiger partial charge in [-0.1, -0.05) is 0 Å². The summed E-state index contributed by atoms with van der Waals surface area (Å²) in [5.41, 5.74) is 6.54. The number of nitrogens with zero attached hydrogens (tertiary/aromatic N) is 1. The monoisotopic (exact) mass is 210 g/mol. The van der Waals surface area contributed by atoms with E-state index in [0.29, 0.717) is 25.6 Å². The van der Waals surface area contributed by atoms with Gasteiger partial charge in [0.2, 0.25) is 5.88 Å². The average molecular weight is 210 g/mol. The molecule has 0 aromatic carbocycles. The summed E-state index contributed by atoms with van der Waals surface area (Å²) in [6.45, 7) is 5.68. The predicted octanol–water partition coefficient (Wildman–Crippen LogP) is 1.34. The largest absolute Gasteiger partial charge is 0.472 e. The van der Waals surface area contributed by atoms with Crippen LogP contribution < -0.4 is 10.5 Å². The third-order valence-corrected chi connectivity index (χ3v) is 1.91. The summed E-state index contributed by atoms with van der Waals surface area (Å²) in [6.07, 6.45) is 1.70. The summed E-state index contributed by atoms with van der Waals surface area (Å²) in [5, 5.41) is 0. The Labute approximate surface area is 90.4 Å². The molecule has 1 heterocycles. The Kier molecular flexibility index (Phi) is 5.07. The molecule has 15 heavy (non-hydrogen) atoms. The zero-order valence-electron chi connectivity index (χ0n) is 9.27. The molecule has 0 aliphatic carbocycles. The summed E-state index contributed by atoms with van der Waals surface area (Å²) in [7, 11) is 0. The van der Waals surface area contributed by atoms with Crippen LogP contribution in [-0.2, 0) is 11.3 Å². The zero-order valence-corrected chi connectivity index (χ0v) is 9.27. The topological polar surface area (TPSA) is 57.4 Å². The van der Waals surface area contributed by atoms with Gasteiger partial charge >= 0.3 is 0 Å². The van der Waals surface area contributed by atoms with Crippen LogP contribution in [0.3, 0.4) is 0 Å². The Morgan fingerprint density at radius 1 is 1.53 bits per heavy atom. The second-order valence-corrected chi connectivity index (χ2v) is 3.29. The highest BCUT2D eigenvalue weighted by atomic mass is 16.5. The normalized spacial score (nSPS) is 12.5. The van der Waals surface area contributed by atoms with Crippen molar-refractivity contribution >= 4 is 0 Å². The lowest BCUT2D eigenvalue weighted by Gasteiger charge is -2.13. The van der Waals surface area contributed by atoms with Crippen molar-refractivity contribution < 1.29 is 9.47 Å². The van der Waals surface area contributed by atoms with Crippen LogP contribution in [0, 0.1) is 0 Å². The van der Waals surface area contributed by atoms with Crippen molar-refractivity contribution in [2.75, 3.05) is 13.2 Å². The van der Waals surface area contributed by atoms with Gasteiger partial charge in [0.05, 0.1) is 6.61 Å². The van der Waals surface area contributed by atoms with Crippen molar-refractivity contribution in [3.05, 3.63) is 23.9 Å². The summed E-state index contributed by atoms with van der Waals surface area (Å²) in [5.74, 6) is 0.602. The minimum Gasteiger partial charge on any atom is -0.472 e. The first-order valence-electron chi connectivity index (χ1n) is 5.15. The van der Waals surface area contributed by atoms with Gasteiger partial charge < -0.3 is 15.2 Å². The second kappa shape index (κ2) is 6.37. The quantitative estimate of drug-likeness (QED) is 0.770. The van der Waals surface area contributed by atoms with Gasteiger partial charge in [-0.3, -0.25) is 0 Å². The number of aromatic nitrogens is 1. The zero-order chi connectivity index (χ0) is 11.1. The van der Waals surface area contributed by atoms with E-state index in [0.717, 1.165) is 5.56 Å². The summed E-state index contributed by atoms with van der Waals surface area (Å²) in [4.78, 5) is 4.10. The first kappa shape index (κ1) is 11.9. The van der Waals surface area contributed by atoms with Gasteiger partial charge in [-0.15, -0.1) is 0 Å². The van der Waals surface area contributed by atoms with Gasteiger partial charge in [-0.2, -0.15) is 0 Å². The highest BCUT2D eigenvalue weighted by Crippen LogP contribution is 2.10. The Hall–Kier alpha value is -1.13. The Morgan fingerprint density at radius 2 is 2.33 bits per heavy atom. The highest BCUT2D eigenvalue weighted by Gasteiger charge is 2.04. The molecule has 0 saturated carbocycles. The molecule has 1 atom stereocenters. The van der Waals surface area contributed by atoms with Gasteiger partial charge in [-0.25, -0.2) is 4.98 Å². The fourth-order valence-electron chi connectivity index (χ4n) is 1.17. The number of rotatable bonds is 6. The van der Waals surface area contributed by atoms with Gasteiger partial charge in [0, 0.05) is 25.4 Å². The molecule has 1 unspecified atom stereocenters. The Morgan fingerprint density at radius 3 is 3.00 bits per heavy atom. The lowest BCUT2D eigenvalue weighted by atomic mass is 10.3. The lowest BCUT2D eigenvalue weighted by molar-refractivity contribution is 0.0633. The van der Waals surface area contributed by atoms with E-state index in [1.165, 1.54) is 0 Å². The van der Waals surface area contributed by atoms with E-state index in [4.69, 9.17) is 15.2 Å². The van der Waals surface area contributed by atoms with Gasteiger partial charge in [0.1, 0.15) is 6.10 Å². The molecule has 1 rings (SSSR count). The number of pyridine rings is 1. The maximum Gasteiger partial charge on any atom is 0.213 e. The van der Waals surface area contributed by atoms with Crippen molar-refractivity contribution in [3.8, 4) is 5.88 Å². The van der Waals surface area contributed by atoms with Gasteiger partial charge in [-0.05, 0) is 25.5 Å². The standard InChI is InChI=1S/C11H18N2O2/c1-3-14-8-9(2)15-11-6-10(7-12)4-5-13-11/h4-6,9H,3,7-8,12H2,1-2H3.